The van der Waals surface area contributed by atoms with Crippen molar-refractivity contribution in [2.75, 3.05) is 11.9 Å². The van der Waals surface area contributed by atoms with Crippen LogP contribution in [-0.2, 0) is 0 Å². The molecule has 0 spiro atoms. The van der Waals surface area contributed by atoms with Crippen LogP contribution in [0, 0.1) is 0 Å². The van der Waals surface area contributed by atoms with Gasteiger partial charge < -0.3 is 11.1 Å². The smallest absolute Gasteiger partial charge is 0.248 e. The standard InChI is InChI=1S/C9H13N3O/c1-2-4-11-8-6-7(9(10)13)3-5-12-8/h3,5-6H,2,4H2,1H3,(H2,10,13)(H,11,12). The maximum Gasteiger partial charge on any atom is 0.248 e. The number of primary amides is 1. The minimum Gasteiger partial charge on any atom is -0.370 e. The van der Waals surface area contributed by atoms with Gasteiger partial charge in [0.05, 0.1) is 0 Å². The quantitative estimate of drug-likeness (QED) is 0.724. The zero-order chi connectivity index (χ0) is 9.68. The molecule has 1 aromatic heterocycles. The summed E-state index contributed by atoms with van der Waals surface area (Å²) in [6.45, 7) is 2.90. The second-order valence-electron chi connectivity index (χ2n) is 2.72. The monoisotopic (exact) mass is 179 g/mol. The lowest BCUT2D eigenvalue weighted by Gasteiger charge is -2.03. The lowest BCUT2D eigenvalue weighted by Crippen LogP contribution is -2.12. The van der Waals surface area contributed by atoms with E-state index in [0.29, 0.717) is 11.4 Å². The van der Waals surface area contributed by atoms with Crippen LogP contribution in [0.3, 0.4) is 0 Å². The Bertz CT molecular complexity index is 299. The fourth-order valence-electron chi connectivity index (χ4n) is 0.934. The summed E-state index contributed by atoms with van der Waals surface area (Å²) >= 11 is 0. The van der Waals surface area contributed by atoms with Gasteiger partial charge in [-0.15, -0.1) is 0 Å². The molecule has 1 aromatic rings. The van der Waals surface area contributed by atoms with Crippen LogP contribution in [-0.4, -0.2) is 17.4 Å². The average molecular weight is 179 g/mol. The molecular formula is C9H13N3O. The van der Waals surface area contributed by atoms with Crippen molar-refractivity contribution in [3.8, 4) is 0 Å². The third-order valence-corrected chi connectivity index (χ3v) is 1.60. The molecule has 0 fully saturated rings. The Morgan fingerprint density at radius 3 is 3.08 bits per heavy atom. The van der Waals surface area contributed by atoms with Crippen LogP contribution in [0.1, 0.15) is 23.7 Å². The minimum absolute atomic E-state index is 0.429. The number of nitrogens with one attached hydrogen (secondary N) is 1. The van der Waals surface area contributed by atoms with Crippen molar-refractivity contribution in [3.63, 3.8) is 0 Å². The molecule has 0 aromatic carbocycles. The number of rotatable bonds is 4. The zero-order valence-corrected chi connectivity index (χ0v) is 7.58. The number of anilines is 1. The molecule has 0 aliphatic heterocycles. The van der Waals surface area contributed by atoms with E-state index in [9.17, 15) is 4.79 Å². The number of hydrogen-bond donors (Lipinski definition) is 2. The number of carbonyl (C=O) groups is 1. The summed E-state index contributed by atoms with van der Waals surface area (Å²) in [7, 11) is 0. The number of aromatic nitrogens is 1. The van der Waals surface area contributed by atoms with Crippen LogP contribution in [0.4, 0.5) is 5.82 Å². The Labute approximate surface area is 77.2 Å². The van der Waals surface area contributed by atoms with E-state index in [0.717, 1.165) is 13.0 Å². The lowest BCUT2D eigenvalue weighted by atomic mass is 10.2. The second-order valence-corrected chi connectivity index (χ2v) is 2.72. The summed E-state index contributed by atoms with van der Waals surface area (Å²) < 4.78 is 0. The summed E-state index contributed by atoms with van der Waals surface area (Å²) in [5, 5.41) is 3.07. The third-order valence-electron chi connectivity index (χ3n) is 1.60. The molecule has 70 valence electrons. The number of nitrogens with two attached hydrogens (primary N) is 1. The Kier molecular flexibility index (Phi) is 3.25. The minimum atomic E-state index is -0.429. The van der Waals surface area contributed by atoms with E-state index in [2.05, 4.69) is 17.2 Å². The molecule has 4 heteroatoms. The van der Waals surface area contributed by atoms with Gasteiger partial charge in [-0.25, -0.2) is 4.98 Å². The second kappa shape index (κ2) is 4.45. The van der Waals surface area contributed by atoms with Gasteiger partial charge in [0.1, 0.15) is 5.82 Å². The molecule has 4 nitrogen and oxygen atoms in total. The van der Waals surface area contributed by atoms with Crippen LogP contribution in [0.2, 0.25) is 0 Å². The van der Waals surface area contributed by atoms with Crippen LogP contribution in [0.25, 0.3) is 0 Å². The molecule has 1 heterocycles. The molecule has 13 heavy (non-hydrogen) atoms. The normalized spacial score (nSPS) is 9.62. The third kappa shape index (κ3) is 2.74. The van der Waals surface area contributed by atoms with Crippen molar-refractivity contribution in [2.45, 2.75) is 13.3 Å². The highest BCUT2D eigenvalue weighted by atomic mass is 16.1. The lowest BCUT2D eigenvalue weighted by molar-refractivity contribution is 0.1000. The van der Waals surface area contributed by atoms with Gasteiger partial charge in [0.25, 0.3) is 0 Å². The van der Waals surface area contributed by atoms with E-state index in [1.807, 2.05) is 0 Å². The average Bonchev–Trinajstić information content (AvgIpc) is 2.15. The van der Waals surface area contributed by atoms with Gasteiger partial charge in [0, 0.05) is 18.3 Å². The van der Waals surface area contributed by atoms with Crippen molar-refractivity contribution in [2.24, 2.45) is 5.73 Å². The van der Waals surface area contributed by atoms with Gasteiger partial charge in [-0.1, -0.05) is 6.92 Å². The Morgan fingerprint density at radius 2 is 2.46 bits per heavy atom. The van der Waals surface area contributed by atoms with Gasteiger partial charge in [-0.3, -0.25) is 4.79 Å². The first-order chi connectivity index (χ1) is 6.24. The summed E-state index contributed by atoms with van der Waals surface area (Å²) in [5.41, 5.74) is 5.60. The summed E-state index contributed by atoms with van der Waals surface area (Å²) in [5.74, 6) is 0.264. The number of nitrogens with zero attached hydrogens (tertiary/aromatic N) is 1. The highest BCUT2D eigenvalue weighted by molar-refractivity contribution is 5.93. The molecule has 0 unspecified atom stereocenters. The molecular weight excluding hydrogens is 166 g/mol. The van der Waals surface area contributed by atoms with Crippen LogP contribution in [0.5, 0.6) is 0 Å². The summed E-state index contributed by atoms with van der Waals surface area (Å²) in [6, 6.07) is 3.25. The summed E-state index contributed by atoms with van der Waals surface area (Å²) in [4.78, 5) is 14.8. The van der Waals surface area contributed by atoms with Crippen molar-refractivity contribution >= 4 is 11.7 Å². The molecule has 0 aliphatic rings. The van der Waals surface area contributed by atoms with Crippen LogP contribution < -0.4 is 11.1 Å². The Morgan fingerprint density at radius 1 is 1.69 bits per heavy atom. The Balaban J connectivity index is 2.73. The molecule has 0 radical (unpaired) electrons. The highest BCUT2D eigenvalue weighted by Crippen LogP contribution is 2.05. The molecule has 1 amide bonds. The van der Waals surface area contributed by atoms with Crippen molar-refractivity contribution in [1.29, 1.82) is 0 Å². The molecule has 1 rings (SSSR count). The van der Waals surface area contributed by atoms with Gasteiger partial charge in [-0.05, 0) is 18.6 Å². The molecule has 0 bridgehead atoms. The molecule has 0 aliphatic carbocycles. The van der Waals surface area contributed by atoms with E-state index in [1.165, 1.54) is 0 Å². The first-order valence-electron chi connectivity index (χ1n) is 4.23. The van der Waals surface area contributed by atoms with E-state index in [4.69, 9.17) is 5.73 Å². The topological polar surface area (TPSA) is 68.0 Å². The number of pyridine rings is 1. The van der Waals surface area contributed by atoms with E-state index >= 15 is 0 Å². The van der Waals surface area contributed by atoms with Crippen molar-refractivity contribution in [3.05, 3.63) is 23.9 Å². The number of amides is 1. The predicted molar refractivity (Wildman–Crippen MR) is 51.5 cm³/mol. The first-order valence-corrected chi connectivity index (χ1v) is 4.23. The SMILES string of the molecule is CCCNc1cc(C(N)=O)ccn1. The number of carbonyl (C=O) groups excluding carboxylic acids is 1. The van der Waals surface area contributed by atoms with Gasteiger partial charge in [0.15, 0.2) is 0 Å². The highest BCUT2D eigenvalue weighted by Gasteiger charge is 2.00. The molecule has 0 saturated carbocycles. The fourth-order valence-corrected chi connectivity index (χ4v) is 0.934. The van der Waals surface area contributed by atoms with Crippen molar-refractivity contribution < 1.29 is 4.79 Å². The number of hydrogen-bond acceptors (Lipinski definition) is 3. The van der Waals surface area contributed by atoms with Crippen LogP contribution >= 0.6 is 0 Å². The van der Waals surface area contributed by atoms with Gasteiger partial charge in [0.2, 0.25) is 5.91 Å². The largest absolute Gasteiger partial charge is 0.370 e. The maximum absolute atomic E-state index is 10.8. The van der Waals surface area contributed by atoms with E-state index in [1.54, 1.807) is 18.3 Å². The summed E-state index contributed by atoms with van der Waals surface area (Å²) in [6.07, 6.45) is 2.58. The zero-order valence-electron chi connectivity index (χ0n) is 7.58. The Hall–Kier alpha value is -1.58. The van der Waals surface area contributed by atoms with E-state index < -0.39 is 5.91 Å². The fraction of sp³-hybridized carbons (Fsp3) is 0.333. The maximum atomic E-state index is 10.8. The molecule has 0 saturated heterocycles. The van der Waals surface area contributed by atoms with Gasteiger partial charge >= 0.3 is 0 Å². The van der Waals surface area contributed by atoms with Gasteiger partial charge in [-0.2, -0.15) is 0 Å². The predicted octanol–water partition coefficient (Wildman–Crippen LogP) is 1.00. The van der Waals surface area contributed by atoms with Crippen LogP contribution in [0.15, 0.2) is 18.3 Å². The molecule has 3 N–H and O–H groups in total. The first kappa shape index (κ1) is 9.51. The van der Waals surface area contributed by atoms with Crippen molar-refractivity contribution in [1.82, 2.24) is 4.98 Å². The molecule has 0 atom stereocenters. The van der Waals surface area contributed by atoms with E-state index in [-0.39, 0.29) is 0 Å².